The Morgan fingerprint density at radius 1 is 0.514 bits per heavy atom. The fourth-order valence-electron chi connectivity index (χ4n) is 4.62. The zero-order valence-corrected chi connectivity index (χ0v) is 19.6. The Balaban J connectivity index is 1.71. The Hall–Kier alpha value is -3.94. The van der Waals surface area contributed by atoms with E-state index in [9.17, 15) is 8.78 Å². The maximum atomic E-state index is 13.9. The SMILES string of the molecule is Fc1ccc(P(c2ccc(F)cc2)c2ccc3ccccc3c2-c2nccc3ccccc23)cc1. The lowest BCUT2D eigenvalue weighted by Crippen LogP contribution is -2.23. The van der Waals surface area contributed by atoms with Crippen molar-refractivity contribution in [2.75, 3.05) is 0 Å². The van der Waals surface area contributed by atoms with Crippen molar-refractivity contribution in [1.29, 1.82) is 0 Å². The second-order valence-corrected chi connectivity index (χ2v) is 10.5. The van der Waals surface area contributed by atoms with Gasteiger partial charge in [-0.3, -0.25) is 4.98 Å². The highest BCUT2D eigenvalue weighted by atomic mass is 31.1. The molecule has 4 heteroatoms. The number of aromatic nitrogens is 1. The largest absolute Gasteiger partial charge is 0.256 e. The summed E-state index contributed by atoms with van der Waals surface area (Å²) in [6, 6.07) is 36.1. The van der Waals surface area contributed by atoms with E-state index >= 15 is 0 Å². The van der Waals surface area contributed by atoms with E-state index in [0.29, 0.717) is 0 Å². The summed E-state index contributed by atoms with van der Waals surface area (Å²) in [7, 11) is -1.12. The normalized spacial score (nSPS) is 11.4. The van der Waals surface area contributed by atoms with Gasteiger partial charge < -0.3 is 0 Å². The van der Waals surface area contributed by atoms with Crippen molar-refractivity contribution in [1.82, 2.24) is 4.98 Å². The van der Waals surface area contributed by atoms with Crippen LogP contribution in [0.2, 0.25) is 0 Å². The summed E-state index contributed by atoms with van der Waals surface area (Å²) in [4.78, 5) is 4.88. The molecular formula is C31H20F2NP. The molecule has 0 unspecified atom stereocenters. The first-order valence-corrected chi connectivity index (χ1v) is 12.7. The Labute approximate surface area is 203 Å². The van der Waals surface area contributed by atoms with Gasteiger partial charge in [-0.2, -0.15) is 0 Å². The molecule has 1 aromatic heterocycles. The van der Waals surface area contributed by atoms with Crippen LogP contribution in [0.4, 0.5) is 8.78 Å². The fraction of sp³-hybridized carbons (Fsp3) is 0. The lowest BCUT2D eigenvalue weighted by atomic mass is 9.98. The molecule has 0 saturated carbocycles. The summed E-state index contributed by atoms with van der Waals surface area (Å²) in [5, 5.41) is 7.49. The summed E-state index contributed by atoms with van der Waals surface area (Å²) < 4.78 is 27.8. The number of hydrogen-bond acceptors (Lipinski definition) is 1. The third-order valence-electron chi connectivity index (χ3n) is 6.23. The van der Waals surface area contributed by atoms with Crippen LogP contribution in [-0.2, 0) is 0 Å². The summed E-state index contributed by atoms with van der Waals surface area (Å²) >= 11 is 0. The van der Waals surface area contributed by atoms with Gasteiger partial charge >= 0.3 is 0 Å². The summed E-state index contributed by atoms with van der Waals surface area (Å²) in [5.74, 6) is -0.561. The molecule has 6 aromatic rings. The second-order valence-electron chi connectivity index (χ2n) is 8.35. The lowest BCUT2D eigenvalue weighted by Gasteiger charge is -2.24. The zero-order chi connectivity index (χ0) is 23.8. The van der Waals surface area contributed by atoms with Crippen molar-refractivity contribution >= 4 is 45.4 Å². The third kappa shape index (κ3) is 3.99. The van der Waals surface area contributed by atoms with Crippen LogP contribution in [0.3, 0.4) is 0 Å². The summed E-state index contributed by atoms with van der Waals surface area (Å²) in [5.41, 5.74) is 1.96. The maximum absolute atomic E-state index is 13.9. The molecule has 0 saturated heterocycles. The standard InChI is InChI=1S/C31H20F2NP/c32-23-10-14-25(15-11-23)35(26-16-12-24(33)13-17-26)29-18-9-21-5-1-3-7-27(21)30(29)31-28-8-4-2-6-22(28)19-20-34-31/h1-20H. The van der Waals surface area contributed by atoms with E-state index in [-0.39, 0.29) is 11.6 Å². The van der Waals surface area contributed by atoms with Crippen LogP contribution in [0.5, 0.6) is 0 Å². The number of nitrogens with zero attached hydrogens (tertiary/aromatic N) is 1. The molecular weight excluding hydrogens is 455 g/mol. The van der Waals surface area contributed by atoms with E-state index in [2.05, 4.69) is 36.4 Å². The van der Waals surface area contributed by atoms with Crippen LogP contribution >= 0.6 is 7.92 Å². The summed E-state index contributed by atoms with van der Waals surface area (Å²) in [6.07, 6.45) is 1.85. The molecule has 0 aliphatic carbocycles. The maximum Gasteiger partial charge on any atom is 0.123 e. The predicted octanol–water partition coefficient (Wildman–Crippen LogP) is 7.09. The van der Waals surface area contributed by atoms with Crippen LogP contribution < -0.4 is 15.9 Å². The van der Waals surface area contributed by atoms with Gasteiger partial charge in [0.15, 0.2) is 0 Å². The zero-order valence-electron chi connectivity index (χ0n) is 18.7. The van der Waals surface area contributed by atoms with Crippen molar-refractivity contribution in [3.63, 3.8) is 0 Å². The predicted molar refractivity (Wildman–Crippen MR) is 143 cm³/mol. The molecule has 0 amide bonds. The number of rotatable bonds is 4. The quantitative estimate of drug-likeness (QED) is 0.248. The molecule has 0 bridgehead atoms. The lowest BCUT2D eigenvalue weighted by molar-refractivity contribution is 0.628. The second kappa shape index (κ2) is 9.02. The highest BCUT2D eigenvalue weighted by Gasteiger charge is 2.24. The van der Waals surface area contributed by atoms with Gasteiger partial charge in [0, 0.05) is 17.1 Å². The monoisotopic (exact) mass is 475 g/mol. The number of fused-ring (bicyclic) bond motifs is 2. The minimum Gasteiger partial charge on any atom is -0.256 e. The first kappa shape index (κ1) is 21.6. The first-order valence-electron chi connectivity index (χ1n) is 11.4. The van der Waals surface area contributed by atoms with Crippen molar-refractivity contribution in [2.45, 2.75) is 0 Å². The van der Waals surface area contributed by atoms with E-state index in [0.717, 1.165) is 48.7 Å². The molecule has 1 nitrogen and oxygen atoms in total. The number of hydrogen-bond donors (Lipinski definition) is 0. The number of benzene rings is 5. The molecule has 35 heavy (non-hydrogen) atoms. The molecule has 5 aromatic carbocycles. The molecule has 0 spiro atoms. The first-order chi connectivity index (χ1) is 17.2. The molecule has 6 rings (SSSR count). The van der Waals surface area contributed by atoms with Gasteiger partial charge in [-0.05, 0) is 70.3 Å². The topological polar surface area (TPSA) is 12.9 Å². The van der Waals surface area contributed by atoms with Gasteiger partial charge in [-0.25, -0.2) is 8.78 Å². The fourth-order valence-corrected chi connectivity index (χ4v) is 7.04. The van der Waals surface area contributed by atoms with Crippen LogP contribution in [0.25, 0.3) is 32.8 Å². The Kier molecular flexibility index (Phi) is 5.56. The van der Waals surface area contributed by atoms with Crippen molar-refractivity contribution < 1.29 is 8.78 Å². The highest BCUT2D eigenvalue weighted by molar-refractivity contribution is 7.80. The van der Waals surface area contributed by atoms with E-state index in [1.807, 2.05) is 60.8 Å². The van der Waals surface area contributed by atoms with Crippen molar-refractivity contribution in [2.24, 2.45) is 0 Å². The molecule has 0 aliphatic rings. The van der Waals surface area contributed by atoms with Gasteiger partial charge in [0.1, 0.15) is 11.6 Å². The van der Waals surface area contributed by atoms with Crippen LogP contribution in [-0.4, -0.2) is 4.98 Å². The molecule has 0 aliphatic heterocycles. The average Bonchev–Trinajstić information content (AvgIpc) is 2.90. The van der Waals surface area contributed by atoms with Gasteiger partial charge in [0.2, 0.25) is 0 Å². The van der Waals surface area contributed by atoms with Crippen LogP contribution in [0.15, 0.2) is 121 Å². The molecule has 1 heterocycles. The minimum atomic E-state index is -1.12. The van der Waals surface area contributed by atoms with Crippen molar-refractivity contribution in [3.8, 4) is 11.3 Å². The van der Waals surface area contributed by atoms with Gasteiger partial charge in [-0.1, -0.05) is 84.9 Å². The Bertz CT molecular complexity index is 1610. The van der Waals surface area contributed by atoms with Crippen LogP contribution in [0.1, 0.15) is 0 Å². The minimum absolute atomic E-state index is 0.280. The van der Waals surface area contributed by atoms with Gasteiger partial charge in [0.05, 0.1) is 5.69 Å². The molecule has 0 radical (unpaired) electrons. The molecule has 0 fully saturated rings. The number of pyridine rings is 1. The van der Waals surface area contributed by atoms with E-state index in [1.54, 1.807) is 0 Å². The van der Waals surface area contributed by atoms with E-state index in [4.69, 9.17) is 4.98 Å². The Morgan fingerprint density at radius 3 is 1.69 bits per heavy atom. The Morgan fingerprint density at radius 2 is 1.06 bits per heavy atom. The van der Waals surface area contributed by atoms with E-state index < -0.39 is 7.92 Å². The van der Waals surface area contributed by atoms with E-state index in [1.165, 1.54) is 24.3 Å². The molecule has 168 valence electrons. The van der Waals surface area contributed by atoms with Crippen molar-refractivity contribution in [3.05, 3.63) is 133 Å². The van der Waals surface area contributed by atoms with Crippen LogP contribution in [0, 0.1) is 11.6 Å². The number of halogens is 2. The third-order valence-corrected chi connectivity index (χ3v) is 8.71. The van der Waals surface area contributed by atoms with Gasteiger partial charge in [-0.15, -0.1) is 0 Å². The molecule has 0 atom stereocenters. The highest BCUT2D eigenvalue weighted by Crippen LogP contribution is 2.41. The summed E-state index contributed by atoms with van der Waals surface area (Å²) in [6.45, 7) is 0. The van der Waals surface area contributed by atoms with Gasteiger partial charge in [0.25, 0.3) is 0 Å². The molecule has 0 N–H and O–H groups in total. The average molecular weight is 475 g/mol. The smallest absolute Gasteiger partial charge is 0.123 e.